The van der Waals surface area contributed by atoms with Gasteiger partial charge in [0.1, 0.15) is 11.6 Å². The minimum atomic E-state index is -0.265. The van der Waals surface area contributed by atoms with Crippen LogP contribution in [-0.4, -0.2) is 7.11 Å². The molecule has 0 spiro atoms. The van der Waals surface area contributed by atoms with Crippen LogP contribution >= 0.6 is 27.5 Å². The van der Waals surface area contributed by atoms with E-state index in [4.69, 9.17) is 16.3 Å². The van der Waals surface area contributed by atoms with Gasteiger partial charge in [-0.2, -0.15) is 0 Å². The average molecular weight is 359 g/mol. The van der Waals surface area contributed by atoms with Gasteiger partial charge in [-0.05, 0) is 31.2 Å². The fraction of sp³-hybridized carbons (Fsp3) is 0.200. The quantitative estimate of drug-likeness (QED) is 0.787. The van der Waals surface area contributed by atoms with Crippen LogP contribution < -0.4 is 10.1 Å². The first-order valence-corrected chi connectivity index (χ1v) is 7.23. The van der Waals surface area contributed by atoms with Crippen molar-refractivity contribution in [3.05, 3.63) is 57.3 Å². The molecular formula is C15H14BrClFNO. The van der Waals surface area contributed by atoms with Crippen molar-refractivity contribution in [2.24, 2.45) is 0 Å². The minimum Gasteiger partial charge on any atom is -0.497 e. The van der Waals surface area contributed by atoms with Gasteiger partial charge in [-0.1, -0.05) is 33.6 Å². The van der Waals surface area contributed by atoms with Crippen LogP contribution in [0.3, 0.4) is 0 Å². The molecule has 0 aliphatic carbocycles. The van der Waals surface area contributed by atoms with Gasteiger partial charge in [0, 0.05) is 16.1 Å². The van der Waals surface area contributed by atoms with Crippen LogP contribution in [0.5, 0.6) is 5.75 Å². The molecule has 0 fully saturated rings. The van der Waals surface area contributed by atoms with Gasteiger partial charge in [0.25, 0.3) is 0 Å². The van der Waals surface area contributed by atoms with Crippen molar-refractivity contribution in [3.63, 3.8) is 0 Å². The van der Waals surface area contributed by atoms with Gasteiger partial charge in [-0.25, -0.2) is 4.39 Å². The number of nitrogens with one attached hydrogen (secondary N) is 1. The first kappa shape index (κ1) is 15.1. The van der Waals surface area contributed by atoms with Gasteiger partial charge in [0.15, 0.2) is 0 Å². The molecule has 0 aromatic heterocycles. The molecule has 2 nitrogen and oxygen atoms in total. The molecule has 0 radical (unpaired) electrons. The molecule has 0 heterocycles. The summed E-state index contributed by atoms with van der Waals surface area (Å²) in [4.78, 5) is 0. The summed E-state index contributed by atoms with van der Waals surface area (Å²) in [5.41, 5.74) is 1.29. The molecule has 2 rings (SSSR count). The standard InChI is InChI=1S/C15H14BrClFNO/c1-9(12-5-3-10(16)7-14(12)18)19-15-8-11(20-2)4-6-13(15)17/h3-9,19H,1-2H3. The Bertz CT molecular complexity index is 621. The van der Waals surface area contributed by atoms with Gasteiger partial charge in [-0.3, -0.25) is 0 Å². The molecule has 20 heavy (non-hydrogen) atoms. The van der Waals surface area contributed by atoms with Gasteiger partial charge >= 0.3 is 0 Å². The smallest absolute Gasteiger partial charge is 0.129 e. The molecule has 1 N–H and O–H groups in total. The van der Waals surface area contributed by atoms with Crippen LogP contribution in [0.1, 0.15) is 18.5 Å². The highest BCUT2D eigenvalue weighted by molar-refractivity contribution is 9.10. The maximum absolute atomic E-state index is 13.9. The maximum Gasteiger partial charge on any atom is 0.129 e. The molecule has 0 aliphatic heterocycles. The van der Waals surface area contributed by atoms with E-state index in [0.717, 1.165) is 0 Å². The van der Waals surface area contributed by atoms with Crippen molar-refractivity contribution in [2.45, 2.75) is 13.0 Å². The minimum absolute atomic E-state index is 0.215. The van der Waals surface area contributed by atoms with Gasteiger partial charge in [0.2, 0.25) is 0 Å². The van der Waals surface area contributed by atoms with Gasteiger partial charge < -0.3 is 10.1 Å². The van der Waals surface area contributed by atoms with Crippen LogP contribution in [0.4, 0.5) is 10.1 Å². The van der Waals surface area contributed by atoms with Crippen molar-refractivity contribution >= 4 is 33.2 Å². The molecule has 0 bridgehead atoms. The van der Waals surface area contributed by atoms with E-state index in [2.05, 4.69) is 21.2 Å². The summed E-state index contributed by atoms with van der Waals surface area (Å²) < 4.78 is 19.8. The van der Waals surface area contributed by atoms with Crippen molar-refractivity contribution < 1.29 is 9.13 Å². The summed E-state index contributed by atoms with van der Waals surface area (Å²) in [6.45, 7) is 1.88. The third-order valence-electron chi connectivity index (χ3n) is 2.97. The molecule has 0 aliphatic rings. The van der Waals surface area contributed by atoms with Crippen LogP contribution in [0.25, 0.3) is 0 Å². The second kappa shape index (κ2) is 6.46. The molecule has 2 aromatic carbocycles. The summed E-state index contributed by atoms with van der Waals surface area (Å²) in [5, 5.41) is 3.76. The Morgan fingerprint density at radius 2 is 2.00 bits per heavy atom. The van der Waals surface area contributed by atoms with Crippen LogP contribution in [0, 0.1) is 5.82 Å². The molecule has 0 amide bonds. The van der Waals surface area contributed by atoms with Gasteiger partial charge in [0.05, 0.1) is 23.9 Å². The lowest BCUT2D eigenvalue weighted by atomic mass is 10.1. The van der Waals surface area contributed by atoms with Crippen LogP contribution in [-0.2, 0) is 0 Å². The van der Waals surface area contributed by atoms with E-state index in [-0.39, 0.29) is 11.9 Å². The number of hydrogen-bond acceptors (Lipinski definition) is 2. The zero-order chi connectivity index (χ0) is 14.7. The third kappa shape index (κ3) is 3.44. The summed E-state index contributed by atoms with van der Waals surface area (Å²) >= 11 is 9.38. The first-order valence-electron chi connectivity index (χ1n) is 6.06. The van der Waals surface area contributed by atoms with E-state index in [1.165, 1.54) is 6.07 Å². The van der Waals surface area contributed by atoms with E-state index >= 15 is 0 Å². The molecule has 0 saturated heterocycles. The van der Waals surface area contributed by atoms with Crippen LogP contribution in [0.15, 0.2) is 40.9 Å². The summed E-state index contributed by atoms with van der Waals surface area (Å²) in [5.74, 6) is 0.429. The molecule has 2 aromatic rings. The Morgan fingerprint density at radius 1 is 1.25 bits per heavy atom. The summed E-state index contributed by atoms with van der Waals surface area (Å²) in [6.07, 6.45) is 0. The van der Waals surface area contributed by atoms with E-state index in [1.807, 2.05) is 13.0 Å². The molecule has 5 heteroatoms. The number of rotatable bonds is 4. The summed E-state index contributed by atoms with van der Waals surface area (Å²) in [7, 11) is 1.59. The fourth-order valence-electron chi connectivity index (χ4n) is 1.91. The van der Waals surface area contributed by atoms with E-state index < -0.39 is 0 Å². The number of ether oxygens (including phenoxy) is 1. The summed E-state index contributed by atoms with van der Waals surface area (Å²) in [6, 6.07) is 10.1. The fourth-order valence-corrected chi connectivity index (χ4v) is 2.41. The number of halogens is 3. The normalized spacial score (nSPS) is 12.1. The Kier molecular flexibility index (Phi) is 4.89. The van der Waals surface area contributed by atoms with Crippen molar-refractivity contribution in [1.29, 1.82) is 0 Å². The number of benzene rings is 2. The second-order valence-corrected chi connectivity index (χ2v) is 5.70. The second-order valence-electron chi connectivity index (χ2n) is 4.38. The van der Waals surface area contributed by atoms with Crippen molar-refractivity contribution in [3.8, 4) is 5.75 Å². The zero-order valence-electron chi connectivity index (χ0n) is 11.1. The van der Waals surface area contributed by atoms with Crippen LogP contribution in [0.2, 0.25) is 5.02 Å². The van der Waals surface area contributed by atoms with Crippen molar-refractivity contribution in [2.75, 3.05) is 12.4 Å². The lowest BCUT2D eigenvalue weighted by Crippen LogP contribution is -2.09. The third-order valence-corrected chi connectivity index (χ3v) is 3.80. The first-order chi connectivity index (χ1) is 9.51. The Labute approximate surface area is 131 Å². The van der Waals surface area contributed by atoms with E-state index in [0.29, 0.717) is 26.5 Å². The Hall–Kier alpha value is -1.26. The van der Waals surface area contributed by atoms with E-state index in [9.17, 15) is 4.39 Å². The number of hydrogen-bond donors (Lipinski definition) is 1. The predicted octanol–water partition coefficient (Wildman–Crippen LogP) is 5.42. The van der Waals surface area contributed by atoms with Crippen molar-refractivity contribution in [1.82, 2.24) is 0 Å². The molecule has 0 saturated carbocycles. The topological polar surface area (TPSA) is 21.3 Å². The lowest BCUT2D eigenvalue weighted by molar-refractivity contribution is 0.415. The highest BCUT2D eigenvalue weighted by Crippen LogP contribution is 2.31. The average Bonchev–Trinajstić information content (AvgIpc) is 2.41. The van der Waals surface area contributed by atoms with Gasteiger partial charge in [-0.15, -0.1) is 0 Å². The predicted molar refractivity (Wildman–Crippen MR) is 84.1 cm³/mol. The molecule has 106 valence electrons. The zero-order valence-corrected chi connectivity index (χ0v) is 13.4. The largest absolute Gasteiger partial charge is 0.497 e. The number of methoxy groups -OCH3 is 1. The Balaban J connectivity index is 2.25. The Morgan fingerprint density at radius 3 is 2.65 bits per heavy atom. The lowest BCUT2D eigenvalue weighted by Gasteiger charge is -2.18. The monoisotopic (exact) mass is 357 g/mol. The molecule has 1 atom stereocenters. The highest BCUT2D eigenvalue weighted by Gasteiger charge is 2.13. The highest BCUT2D eigenvalue weighted by atomic mass is 79.9. The van der Waals surface area contributed by atoms with E-state index in [1.54, 1.807) is 31.4 Å². The maximum atomic E-state index is 13.9. The number of anilines is 1. The molecular weight excluding hydrogens is 345 g/mol. The molecule has 1 unspecified atom stereocenters. The SMILES string of the molecule is COc1ccc(Cl)c(NC(C)c2ccc(Br)cc2F)c1.